The van der Waals surface area contributed by atoms with Gasteiger partial charge < -0.3 is 19.1 Å². The lowest BCUT2D eigenvalue weighted by atomic mass is 10.1. The van der Waals surface area contributed by atoms with Crippen molar-refractivity contribution in [2.45, 2.75) is 38.8 Å². The fraction of sp³-hybridized carbons (Fsp3) is 0.533. The molecule has 1 heterocycles. The third-order valence-electron chi connectivity index (χ3n) is 3.34. The van der Waals surface area contributed by atoms with E-state index in [2.05, 4.69) is 0 Å². The molecule has 1 aliphatic heterocycles. The Morgan fingerprint density at radius 2 is 2.10 bits per heavy atom. The Morgan fingerprint density at radius 1 is 1.38 bits per heavy atom. The molecule has 21 heavy (non-hydrogen) atoms. The van der Waals surface area contributed by atoms with Crippen LogP contribution in [0.1, 0.15) is 26.3 Å². The van der Waals surface area contributed by atoms with Crippen LogP contribution in [0, 0.1) is 0 Å². The van der Waals surface area contributed by atoms with Crippen LogP contribution in [0.2, 0.25) is 0 Å². The minimum Gasteiger partial charge on any atom is -0.454 e. The minimum atomic E-state index is -0.635. The normalized spacial score (nSPS) is 15.4. The molecular weight excluding hydrogens is 294 g/mol. The molecule has 1 unspecified atom stereocenters. The van der Waals surface area contributed by atoms with Gasteiger partial charge in [-0.15, -0.1) is 0 Å². The van der Waals surface area contributed by atoms with E-state index in [1.54, 1.807) is 11.8 Å². The third kappa shape index (κ3) is 3.94. The van der Waals surface area contributed by atoms with Crippen LogP contribution in [0.3, 0.4) is 0 Å². The van der Waals surface area contributed by atoms with E-state index in [9.17, 15) is 4.79 Å². The van der Waals surface area contributed by atoms with E-state index in [4.69, 9.17) is 25.8 Å². The predicted octanol–water partition coefficient (Wildman–Crippen LogP) is 3.39. The van der Waals surface area contributed by atoms with Crippen molar-refractivity contribution < 1.29 is 19.0 Å². The highest BCUT2D eigenvalue weighted by molar-refractivity contribution is 6.19. The lowest BCUT2D eigenvalue weighted by Gasteiger charge is -2.27. The number of carbonyl (C=O) groups excluding carboxylic acids is 1. The fourth-order valence-corrected chi connectivity index (χ4v) is 2.42. The number of amides is 1. The number of rotatable bonds is 5. The van der Waals surface area contributed by atoms with Gasteiger partial charge in [0.05, 0.1) is 0 Å². The smallest absolute Gasteiger partial charge is 0.411 e. The molecule has 0 aliphatic carbocycles. The number of likely N-dealkylation sites (N-methyl/N-ethyl adjacent to an activating group) is 1. The molecule has 5 nitrogen and oxygen atoms in total. The van der Waals surface area contributed by atoms with Gasteiger partial charge in [-0.1, -0.05) is 17.7 Å². The first-order valence-corrected chi connectivity index (χ1v) is 7.44. The number of benzene rings is 1. The first kappa shape index (κ1) is 15.8. The number of alkyl halides is 1. The van der Waals surface area contributed by atoms with Gasteiger partial charge in [-0.2, -0.15) is 0 Å². The summed E-state index contributed by atoms with van der Waals surface area (Å²) in [6.45, 7) is 6.34. The first-order chi connectivity index (χ1) is 10.0. The number of hydrogen-bond donors (Lipinski definition) is 0. The number of carbonyl (C=O) groups is 1. The van der Waals surface area contributed by atoms with Gasteiger partial charge in [-0.3, -0.25) is 0 Å². The lowest BCUT2D eigenvalue weighted by Crippen LogP contribution is -2.40. The second kappa shape index (κ2) is 6.89. The van der Waals surface area contributed by atoms with E-state index < -0.39 is 11.7 Å². The van der Waals surface area contributed by atoms with Crippen molar-refractivity contribution in [1.82, 2.24) is 4.90 Å². The van der Waals surface area contributed by atoms with E-state index in [-0.39, 0.29) is 12.8 Å². The van der Waals surface area contributed by atoms with E-state index >= 15 is 0 Å². The van der Waals surface area contributed by atoms with Gasteiger partial charge in [0.25, 0.3) is 0 Å². The van der Waals surface area contributed by atoms with Crippen molar-refractivity contribution in [2.24, 2.45) is 0 Å². The molecule has 1 amide bonds. The monoisotopic (exact) mass is 313 g/mol. The molecule has 1 aromatic rings. The van der Waals surface area contributed by atoms with E-state index in [0.29, 0.717) is 13.0 Å². The lowest BCUT2D eigenvalue weighted by molar-refractivity contribution is 0.0850. The summed E-state index contributed by atoms with van der Waals surface area (Å²) in [5.41, 5.74) is 0.446. The van der Waals surface area contributed by atoms with Gasteiger partial charge in [0.1, 0.15) is 0 Å². The summed E-state index contributed by atoms with van der Waals surface area (Å²) in [6, 6.07) is 5.81. The Bertz CT molecular complexity index is 506. The molecule has 6 heteroatoms. The molecule has 1 aromatic carbocycles. The SMILES string of the molecule is CCN(C(=O)OC(C)Cl)[C@@H](C)Cc1ccc2c(c1)OCO2. The Kier molecular flexibility index (Phi) is 5.17. The summed E-state index contributed by atoms with van der Waals surface area (Å²) in [6.07, 6.45) is 0.309. The molecule has 0 fully saturated rings. The van der Waals surface area contributed by atoms with Gasteiger partial charge in [-0.25, -0.2) is 4.79 Å². The topological polar surface area (TPSA) is 48.0 Å². The molecule has 0 aromatic heterocycles. The van der Waals surface area contributed by atoms with Crippen LogP contribution in [0.5, 0.6) is 11.5 Å². The Hall–Kier alpha value is -1.62. The maximum atomic E-state index is 12.0. The Morgan fingerprint density at radius 3 is 2.76 bits per heavy atom. The number of halogens is 1. The van der Waals surface area contributed by atoms with E-state index in [1.807, 2.05) is 32.0 Å². The van der Waals surface area contributed by atoms with Gasteiger partial charge >= 0.3 is 6.09 Å². The molecule has 0 radical (unpaired) electrons. The molecule has 0 N–H and O–H groups in total. The van der Waals surface area contributed by atoms with Crippen molar-refractivity contribution in [1.29, 1.82) is 0 Å². The standard InChI is InChI=1S/C15H20ClNO4/c1-4-17(15(18)21-11(3)16)10(2)7-12-5-6-13-14(8-12)20-9-19-13/h5-6,8,10-11H,4,7,9H2,1-3H3/t10-,11?/m0/s1. The number of hydrogen-bond acceptors (Lipinski definition) is 4. The molecule has 0 bridgehead atoms. The third-order valence-corrected chi connectivity index (χ3v) is 3.43. The van der Waals surface area contributed by atoms with Gasteiger partial charge in [0.2, 0.25) is 6.79 Å². The molecule has 2 rings (SSSR count). The van der Waals surface area contributed by atoms with Crippen LogP contribution in [0.15, 0.2) is 18.2 Å². The van der Waals surface area contributed by atoms with Crippen LogP contribution >= 0.6 is 11.6 Å². The van der Waals surface area contributed by atoms with Gasteiger partial charge in [0, 0.05) is 12.6 Å². The molecule has 0 spiro atoms. The van der Waals surface area contributed by atoms with Gasteiger partial charge in [0.15, 0.2) is 17.1 Å². The number of nitrogens with zero attached hydrogens (tertiary/aromatic N) is 1. The van der Waals surface area contributed by atoms with Crippen LogP contribution < -0.4 is 9.47 Å². The quantitative estimate of drug-likeness (QED) is 0.782. The Labute approximate surface area is 129 Å². The second-order valence-electron chi connectivity index (χ2n) is 4.95. The van der Waals surface area contributed by atoms with Crippen LogP contribution in [0.4, 0.5) is 4.79 Å². The maximum Gasteiger partial charge on any atom is 0.411 e. The second-order valence-corrected chi connectivity index (χ2v) is 5.57. The highest BCUT2D eigenvalue weighted by atomic mass is 35.5. The largest absolute Gasteiger partial charge is 0.454 e. The molecule has 2 atom stereocenters. The van der Waals surface area contributed by atoms with Crippen molar-refractivity contribution in [3.8, 4) is 11.5 Å². The van der Waals surface area contributed by atoms with Crippen LogP contribution in [0.25, 0.3) is 0 Å². The van der Waals surface area contributed by atoms with Crippen molar-refractivity contribution in [3.63, 3.8) is 0 Å². The summed E-state index contributed by atoms with van der Waals surface area (Å²) >= 11 is 5.70. The summed E-state index contributed by atoms with van der Waals surface area (Å²) in [4.78, 5) is 13.6. The van der Waals surface area contributed by atoms with Crippen LogP contribution in [-0.4, -0.2) is 35.9 Å². The summed E-state index contributed by atoms with van der Waals surface area (Å²) in [7, 11) is 0. The summed E-state index contributed by atoms with van der Waals surface area (Å²) in [5, 5.41) is 0. The maximum absolute atomic E-state index is 12.0. The highest BCUT2D eigenvalue weighted by Crippen LogP contribution is 2.33. The molecule has 116 valence electrons. The summed E-state index contributed by atoms with van der Waals surface area (Å²) < 4.78 is 15.7. The fourth-order valence-electron chi connectivity index (χ4n) is 2.35. The minimum absolute atomic E-state index is 0.00159. The average Bonchev–Trinajstić information content (AvgIpc) is 2.85. The Balaban J connectivity index is 2.01. The van der Waals surface area contributed by atoms with E-state index in [0.717, 1.165) is 17.1 Å². The average molecular weight is 314 g/mol. The molecule has 1 aliphatic rings. The predicted molar refractivity (Wildman–Crippen MR) is 79.9 cm³/mol. The zero-order valence-corrected chi connectivity index (χ0v) is 13.2. The summed E-state index contributed by atoms with van der Waals surface area (Å²) in [5.74, 6) is 1.51. The van der Waals surface area contributed by atoms with Crippen molar-refractivity contribution in [2.75, 3.05) is 13.3 Å². The van der Waals surface area contributed by atoms with Crippen LogP contribution in [-0.2, 0) is 11.2 Å². The molecule has 0 saturated carbocycles. The zero-order valence-electron chi connectivity index (χ0n) is 12.5. The van der Waals surface area contributed by atoms with Gasteiger partial charge in [-0.05, 0) is 44.9 Å². The first-order valence-electron chi connectivity index (χ1n) is 7.01. The van der Waals surface area contributed by atoms with Crippen molar-refractivity contribution >= 4 is 17.7 Å². The number of fused-ring (bicyclic) bond motifs is 1. The highest BCUT2D eigenvalue weighted by Gasteiger charge is 2.22. The molecule has 0 saturated heterocycles. The van der Waals surface area contributed by atoms with Crippen molar-refractivity contribution in [3.05, 3.63) is 23.8 Å². The number of ether oxygens (including phenoxy) is 3. The van der Waals surface area contributed by atoms with E-state index in [1.165, 1.54) is 0 Å². The molecular formula is C15H20ClNO4. The zero-order chi connectivity index (χ0) is 15.4.